The van der Waals surface area contributed by atoms with Gasteiger partial charge in [0.2, 0.25) is 5.91 Å². The van der Waals surface area contributed by atoms with Crippen molar-refractivity contribution in [3.05, 3.63) is 71.3 Å². The number of hydrogen-bond donors (Lipinski definition) is 1. The lowest BCUT2D eigenvalue weighted by Crippen LogP contribution is -2.76. The van der Waals surface area contributed by atoms with Crippen LogP contribution in [-0.4, -0.2) is 35.6 Å². The Morgan fingerprint density at radius 3 is 2.45 bits per heavy atom. The topological polar surface area (TPSA) is 55.6 Å². The van der Waals surface area contributed by atoms with E-state index >= 15 is 0 Å². The molecule has 3 unspecified atom stereocenters. The molecule has 1 saturated carbocycles. The lowest BCUT2D eigenvalue weighted by Gasteiger charge is -2.59. The molecule has 0 radical (unpaired) electrons. The lowest BCUT2D eigenvalue weighted by molar-refractivity contribution is -0.180. The van der Waals surface area contributed by atoms with E-state index < -0.39 is 5.54 Å². The number of fused-ring (bicyclic) bond motifs is 1. The number of amides is 1. The zero-order valence-corrected chi connectivity index (χ0v) is 18.2. The molecule has 1 aliphatic heterocycles. The maximum atomic E-state index is 13.6. The molecule has 1 aliphatic carbocycles. The monoisotopic (exact) mass is 414 g/mol. The molecule has 4 nitrogen and oxygen atoms in total. The minimum absolute atomic E-state index is 0. The highest BCUT2D eigenvalue weighted by Crippen LogP contribution is 2.51. The molecule has 1 fully saturated rings. The number of benzene rings is 2. The predicted octanol–water partition coefficient (Wildman–Crippen LogP) is 4.12. The molecule has 2 aromatic carbocycles. The van der Waals surface area contributed by atoms with Gasteiger partial charge >= 0.3 is 0 Å². The van der Waals surface area contributed by atoms with Crippen LogP contribution < -0.4 is 5.73 Å². The summed E-state index contributed by atoms with van der Waals surface area (Å²) in [5.41, 5.74) is 9.21. The lowest BCUT2D eigenvalue weighted by atomic mass is 9.54. The normalized spacial score (nSPS) is 27.4. The van der Waals surface area contributed by atoms with Crippen molar-refractivity contribution in [3.8, 4) is 0 Å². The van der Waals surface area contributed by atoms with Crippen molar-refractivity contribution in [1.82, 2.24) is 4.90 Å². The van der Waals surface area contributed by atoms with E-state index in [2.05, 4.69) is 56.3 Å². The molecule has 0 bridgehead atoms. The third-order valence-corrected chi connectivity index (χ3v) is 6.90. The van der Waals surface area contributed by atoms with E-state index in [-0.39, 0.29) is 35.8 Å². The van der Waals surface area contributed by atoms with Crippen molar-refractivity contribution in [2.75, 3.05) is 13.2 Å². The van der Waals surface area contributed by atoms with Gasteiger partial charge in [0.05, 0.1) is 6.10 Å². The van der Waals surface area contributed by atoms with Crippen LogP contribution in [0.25, 0.3) is 0 Å². The molecule has 2 aromatic rings. The van der Waals surface area contributed by atoms with Gasteiger partial charge in [-0.1, -0.05) is 68.4 Å². The first-order valence-corrected chi connectivity index (χ1v) is 10.2. The Kier molecular flexibility index (Phi) is 6.09. The molecule has 5 heteroatoms. The molecule has 3 atom stereocenters. The second-order valence-electron chi connectivity index (χ2n) is 8.69. The minimum atomic E-state index is -0.875. The summed E-state index contributed by atoms with van der Waals surface area (Å²) in [5.74, 6) is 0.216. The second-order valence-corrected chi connectivity index (χ2v) is 8.69. The highest BCUT2D eigenvalue weighted by molar-refractivity contribution is 5.89. The Hall–Kier alpha value is -1.88. The number of rotatable bonds is 4. The zero-order chi connectivity index (χ0) is 19.9. The summed E-state index contributed by atoms with van der Waals surface area (Å²) in [4.78, 5) is 15.6. The predicted molar refractivity (Wildman–Crippen MR) is 118 cm³/mol. The van der Waals surface area contributed by atoms with Gasteiger partial charge in [-0.2, -0.15) is 0 Å². The van der Waals surface area contributed by atoms with Crippen LogP contribution >= 0.6 is 12.4 Å². The largest absolute Gasteiger partial charge is 0.378 e. The van der Waals surface area contributed by atoms with Gasteiger partial charge in [-0.3, -0.25) is 4.79 Å². The number of halogens is 1. The fourth-order valence-electron chi connectivity index (χ4n) is 4.81. The highest BCUT2D eigenvalue weighted by Gasteiger charge is 2.64. The molecule has 0 aromatic heterocycles. The van der Waals surface area contributed by atoms with Gasteiger partial charge in [0.15, 0.2) is 0 Å². The molecule has 4 rings (SSSR count). The number of ether oxygens (including phenoxy) is 1. The van der Waals surface area contributed by atoms with E-state index in [0.717, 1.165) is 0 Å². The fraction of sp³-hybridized carbons (Fsp3) is 0.458. The third kappa shape index (κ3) is 3.48. The Morgan fingerprint density at radius 1 is 1.14 bits per heavy atom. The van der Waals surface area contributed by atoms with E-state index in [1.165, 1.54) is 16.7 Å². The highest BCUT2D eigenvalue weighted by atomic mass is 35.5. The van der Waals surface area contributed by atoms with E-state index in [1.807, 2.05) is 24.0 Å². The summed E-state index contributed by atoms with van der Waals surface area (Å²) in [6.45, 7) is 8.02. The van der Waals surface area contributed by atoms with Crippen molar-refractivity contribution in [3.63, 3.8) is 0 Å². The quantitative estimate of drug-likeness (QED) is 0.818. The summed E-state index contributed by atoms with van der Waals surface area (Å²) >= 11 is 0. The van der Waals surface area contributed by atoms with Gasteiger partial charge < -0.3 is 15.4 Å². The molecule has 156 valence electrons. The number of nitrogens with two attached hydrogens (primary N) is 1. The summed E-state index contributed by atoms with van der Waals surface area (Å²) in [7, 11) is 0. The molecule has 1 heterocycles. The van der Waals surface area contributed by atoms with E-state index in [1.54, 1.807) is 0 Å². The van der Waals surface area contributed by atoms with E-state index in [0.29, 0.717) is 26.1 Å². The maximum absolute atomic E-state index is 13.6. The standard InChI is InChI=1S/C24H30N2O2.ClH/c1-4-28-21-14-24(25,23(21,2)3)22(27)26-15-18-12-8-9-13-19(18)20(16-26)17-10-6-5-7-11-17;/h5-13,20-21H,4,14-16,25H2,1-3H3;1H. The van der Waals surface area contributed by atoms with Crippen LogP contribution in [-0.2, 0) is 16.1 Å². The molecular weight excluding hydrogens is 384 g/mol. The van der Waals surface area contributed by atoms with Crippen molar-refractivity contribution in [2.24, 2.45) is 11.1 Å². The first-order chi connectivity index (χ1) is 13.4. The average molecular weight is 415 g/mol. The Bertz CT molecular complexity index is 870. The van der Waals surface area contributed by atoms with Crippen LogP contribution in [0.5, 0.6) is 0 Å². The average Bonchev–Trinajstić information content (AvgIpc) is 2.72. The van der Waals surface area contributed by atoms with Crippen LogP contribution in [0.15, 0.2) is 54.6 Å². The van der Waals surface area contributed by atoms with E-state index in [4.69, 9.17) is 10.5 Å². The molecule has 0 spiro atoms. The summed E-state index contributed by atoms with van der Waals surface area (Å²) in [6.07, 6.45) is 0.620. The molecule has 0 saturated heterocycles. The Balaban J connectivity index is 0.00000240. The van der Waals surface area contributed by atoms with Crippen LogP contribution in [0.2, 0.25) is 0 Å². The van der Waals surface area contributed by atoms with Gasteiger partial charge in [0.25, 0.3) is 0 Å². The maximum Gasteiger partial charge on any atom is 0.243 e. The fourth-order valence-corrected chi connectivity index (χ4v) is 4.81. The van der Waals surface area contributed by atoms with Crippen LogP contribution in [0.1, 0.15) is 49.8 Å². The van der Waals surface area contributed by atoms with Gasteiger partial charge in [0, 0.05) is 37.5 Å². The number of carbonyl (C=O) groups is 1. The van der Waals surface area contributed by atoms with Gasteiger partial charge in [0.1, 0.15) is 5.54 Å². The third-order valence-electron chi connectivity index (χ3n) is 6.90. The summed E-state index contributed by atoms with van der Waals surface area (Å²) < 4.78 is 5.82. The Morgan fingerprint density at radius 2 is 1.79 bits per heavy atom. The number of carbonyl (C=O) groups excluding carboxylic acids is 1. The summed E-state index contributed by atoms with van der Waals surface area (Å²) in [5, 5.41) is 0. The number of hydrogen-bond acceptors (Lipinski definition) is 3. The first-order valence-electron chi connectivity index (χ1n) is 10.2. The van der Waals surface area contributed by atoms with E-state index in [9.17, 15) is 4.79 Å². The molecule has 1 amide bonds. The number of nitrogens with zero attached hydrogens (tertiary/aromatic N) is 1. The SMILES string of the molecule is CCOC1CC(N)(C(=O)N2Cc3ccccc3C(c3ccccc3)C2)C1(C)C.Cl. The molecular formula is C24H31ClN2O2. The Labute approximate surface area is 179 Å². The van der Waals surface area contributed by atoms with Crippen molar-refractivity contribution in [2.45, 2.75) is 51.3 Å². The minimum Gasteiger partial charge on any atom is -0.378 e. The van der Waals surface area contributed by atoms with Crippen LogP contribution in [0, 0.1) is 5.41 Å². The van der Waals surface area contributed by atoms with Gasteiger partial charge in [-0.05, 0) is 23.6 Å². The van der Waals surface area contributed by atoms with Crippen LogP contribution in [0.3, 0.4) is 0 Å². The van der Waals surface area contributed by atoms with Gasteiger partial charge in [-0.15, -0.1) is 12.4 Å². The molecule has 2 aliphatic rings. The van der Waals surface area contributed by atoms with Crippen molar-refractivity contribution >= 4 is 18.3 Å². The van der Waals surface area contributed by atoms with Crippen LogP contribution in [0.4, 0.5) is 0 Å². The molecule has 2 N–H and O–H groups in total. The summed E-state index contributed by atoms with van der Waals surface area (Å²) in [6, 6.07) is 18.9. The van der Waals surface area contributed by atoms with Crippen molar-refractivity contribution < 1.29 is 9.53 Å². The second kappa shape index (κ2) is 8.10. The smallest absolute Gasteiger partial charge is 0.243 e. The zero-order valence-electron chi connectivity index (χ0n) is 17.4. The first kappa shape index (κ1) is 21.8. The molecule has 29 heavy (non-hydrogen) atoms. The van der Waals surface area contributed by atoms with Crippen molar-refractivity contribution in [1.29, 1.82) is 0 Å². The van der Waals surface area contributed by atoms with Gasteiger partial charge in [-0.25, -0.2) is 0 Å².